The number of nitrogens with zero attached hydrogens (tertiary/aromatic N) is 3. The molecule has 0 aliphatic heterocycles. The summed E-state index contributed by atoms with van der Waals surface area (Å²) in [6.07, 6.45) is 1.84. The van der Waals surface area contributed by atoms with Crippen molar-refractivity contribution < 1.29 is 0 Å². The molecule has 0 atom stereocenters. The highest BCUT2D eigenvalue weighted by atomic mass is 14.9. The molecule has 0 aliphatic carbocycles. The molecule has 1 aromatic heterocycles. The topological polar surface area (TPSA) is 41.1 Å². The Morgan fingerprint density at radius 2 is 1.23 bits per heavy atom. The van der Waals surface area contributed by atoms with Crippen LogP contribution in [0.25, 0.3) is 0 Å². The summed E-state index contributed by atoms with van der Waals surface area (Å²) in [4.78, 5) is 4.58. The lowest BCUT2D eigenvalue weighted by atomic mass is 9.85. The van der Waals surface area contributed by atoms with Crippen LogP contribution in [0, 0.1) is 13.8 Å². The maximum absolute atomic E-state index is 4.82. The van der Waals surface area contributed by atoms with Crippen LogP contribution in [0.1, 0.15) is 23.7 Å². The Hall–Kier alpha value is -2.81. The second-order valence-corrected chi connectivity index (χ2v) is 7.08. The molecule has 0 saturated heterocycles. The molecule has 3 nitrogen and oxygen atoms in total. The van der Waals surface area contributed by atoms with Crippen molar-refractivity contribution >= 4 is 11.4 Å². The molecule has 132 valence electrons. The van der Waals surface area contributed by atoms with Crippen molar-refractivity contribution in [1.82, 2.24) is 15.6 Å². The number of hydrogen-bond donors (Lipinski definition) is 0. The van der Waals surface area contributed by atoms with E-state index in [2.05, 4.69) is 80.4 Å². The van der Waals surface area contributed by atoms with Crippen molar-refractivity contribution in [3.05, 3.63) is 89.7 Å². The van der Waals surface area contributed by atoms with E-state index in [4.69, 9.17) is 10.6 Å². The van der Waals surface area contributed by atoms with E-state index < -0.39 is 0 Å². The van der Waals surface area contributed by atoms with Crippen molar-refractivity contribution in [1.29, 1.82) is 0 Å². The van der Waals surface area contributed by atoms with Gasteiger partial charge in [-0.15, -0.1) is 0 Å². The van der Waals surface area contributed by atoms with Gasteiger partial charge in [-0.2, -0.15) is 0 Å². The van der Waals surface area contributed by atoms with E-state index in [1.54, 1.807) is 0 Å². The van der Waals surface area contributed by atoms with E-state index in [1.165, 1.54) is 11.1 Å². The molecule has 0 spiro atoms. The summed E-state index contributed by atoms with van der Waals surface area (Å²) in [5.74, 6) is 0. The number of aryl methyl sites for hydroxylation is 2. The SMILES string of the molecule is Cc1ccc([N]CC(C)(C[N]c2ccc(C)cc2)c2ccccn2)cc1. The van der Waals surface area contributed by atoms with Gasteiger partial charge in [-0.05, 0) is 50.2 Å². The van der Waals surface area contributed by atoms with Crippen LogP contribution in [0.3, 0.4) is 0 Å². The molecule has 0 amide bonds. The van der Waals surface area contributed by atoms with Gasteiger partial charge in [-0.1, -0.05) is 48.4 Å². The van der Waals surface area contributed by atoms with Gasteiger partial charge in [0.05, 0.1) is 24.5 Å². The third-order valence-corrected chi connectivity index (χ3v) is 4.57. The van der Waals surface area contributed by atoms with Crippen molar-refractivity contribution in [3.63, 3.8) is 0 Å². The third-order valence-electron chi connectivity index (χ3n) is 4.57. The monoisotopic (exact) mass is 343 g/mol. The zero-order chi connectivity index (χ0) is 18.4. The first-order chi connectivity index (χ1) is 12.5. The lowest BCUT2D eigenvalue weighted by Crippen LogP contribution is -2.38. The number of aromatic nitrogens is 1. The number of rotatable bonds is 7. The molecule has 0 bridgehead atoms. The van der Waals surface area contributed by atoms with Gasteiger partial charge >= 0.3 is 0 Å². The summed E-state index contributed by atoms with van der Waals surface area (Å²) in [7, 11) is 0. The first-order valence-electron chi connectivity index (χ1n) is 8.95. The zero-order valence-corrected chi connectivity index (χ0v) is 15.7. The van der Waals surface area contributed by atoms with Gasteiger partial charge in [0, 0.05) is 17.3 Å². The summed E-state index contributed by atoms with van der Waals surface area (Å²) >= 11 is 0. The average molecular weight is 343 g/mol. The first kappa shape index (κ1) is 18.0. The maximum Gasteiger partial charge on any atom is 0.0574 e. The largest absolute Gasteiger partial charge is 0.284 e. The summed E-state index contributed by atoms with van der Waals surface area (Å²) in [6, 6.07) is 22.6. The van der Waals surface area contributed by atoms with Gasteiger partial charge in [0.1, 0.15) is 0 Å². The molecule has 3 heteroatoms. The van der Waals surface area contributed by atoms with Crippen molar-refractivity contribution in [3.8, 4) is 0 Å². The first-order valence-corrected chi connectivity index (χ1v) is 8.95. The number of benzene rings is 2. The molecule has 3 aromatic rings. The Labute approximate surface area is 156 Å². The van der Waals surface area contributed by atoms with Crippen LogP contribution in [0.5, 0.6) is 0 Å². The fourth-order valence-electron chi connectivity index (χ4n) is 2.76. The van der Waals surface area contributed by atoms with Crippen molar-refractivity contribution in [2.45, 2.75) is 26.2 Å². The van der Waals surface area contributed by atoms with Gasteiger partial charge in [0.2, 0.25) is 0 Å². The molecule has 0 unspecified atom stereocenters. The quantitative estimate of drug-likeness (QED) is 0.606. The molecular formula is C23H25N3. The Bertz CT molecular complexity index is 759. The highest BCUT2D eigenvalue weighted by Gasteiger charge is 2.29. The number of pyridine rings is 1. The molecular weight excluding hydrogens is 318 g/mol. The Balaban J connectivity index is 1.75. The van der Waals surface area contributed by atoms with Crippen LogP contribution >= 0.6 is 0 Å². The molecule has 0 fully saturated rings. The minimum atomic E-state index is -0.253. The molecule has 0 saturated carbocycles. The van der Waals surface area contributed by atoms with Crippen LogP contribution in [-0.4, -0.2) is 18.1 Å². The second-order valence-electron chi connectivity index (χ2n) is 7.08. The Kier molecular flexibility index (Phi) is 5.57. The van der Waals surface area contributed by atoms with E-state index in [-0.39, 0.29) is 5.41 Å². The van der Waals surface area contributed by atoms with Crippen LogP contribution in [-0.2, 0) is 5.41 Å². The summed E-state index contributed by atoms with van der Waals surface area (Å²) in [6.45, 7) is 7.64. The third kappa shape index (κ3) is 4.63. The minimum Gasteiger partial charge on any atom is -0.284 e. The zero-order valence-electron chi connectivity index (χ0n) is 15.7. The van der Waals surface area contributed by atoms with E-state index in [0.29, 0.717) is 13.1 Å². The smallest absolute Gasteiger partial charge is 0.0574 e. The van der Waals surface area contributed by atoms with Gasteiger partial charge in [-0.3, -0.25) is 15.6 Å². The van der Waals surface area contributed by atoms with E-state index in [1.807, 2.05) is 18.3 Å². The van der Waals surface area contributed by atoms with Crippen LogP contribution in [0.15, 0.2) is 72.9 Å². The predicted molar refractivity (Wildman–Crippen MR) is 107 cm³/mol. The van der Waals surface area contributed by atoms with Gasteiger partial charge in [0.15, 0.2) is 0 Å². The van der Waals surface area contributed by atoms with Gasteiger partial charge < -0.3 is 0 Å². The molecule has 3 rings (SSSR count). The van der Waals surface area contributed by atoms with Gasteiger partial charge in [0.25, 0.3) is 0 Å². The lowest BCUT2D eigenvalue weighted by Gasteiger charge is -2.28. The van der Waals surface area contributed by atoms with Crippen molar-refractivity contribution in [2.24, 2.45) is 0 Å². The van der Waals surface area contributed by atoms with Crippen molar-refractivity contribution in [2.75, 3.05) is 13.1 Å². The molecule has 2 aromatic carbocycles. The Morgan fingerprint density at radius 3 is 1.65 bits per heavy atom. The molecule has 1 heterocycles. The predicted octanol–water partition coefficient (Wildman–Crippen LogP) is 4.83. The van der Waals surface area contributed by atoms with E-state index in [0.717, 1.165) is 17.1 Å². The van der Waals surface area contributed by atoms with Crippen LogP contribution in [0.4, 0.5) is 11.4 Å². The molecule has 0 N–H and O–H groups in total. The summed E-state index contributed by atoms with van der Waals surface area (Å²) in [5.41, 5.74) is 5.24. The molecule has 2 radical (unpaired) electrons. The minimum absolute atomic E-state index is 0.253. The summed E-state index contributed by atoms with van der Waals surface area (Å²) in [5, 5.41) is 9.64. The highest BCUT2D eigenvalue weighted by Crippen LogP contribution is 2.24. The fourth-order valence-corrected chi connectivity index (χ4v) is 2.76. The Morgan fingerprint density at radius 1 is 0.731 bits per heavy atom. The fraction of sp³-hybridized carbons (Fsp3) is 0.261. The maximum atomic E-state index is 4.82. The van der Waals surface area contributed by atoms with E-state index >= 15 is 0 Å². The molecule has 26 heavy (non-hydrogen) atoms. The second kappa shape index (κ2) is 8.05. The summed E-state index contributed by atoms with van der Waals surface area (Å²) < 4.78 is 0. The standard InChI is InChI=1S/C23H25N3/c1-18-7-11-20(12-8-18)25-16-23(3,22-6-4-5-15-24-22)17-26-21-13-9-19(2)10-14-21/h4-15H,16-17H2,1-3H3. The van der Waals surface area contributed by atoms with Crippen LogP contribution < -0.4 is 10.6 Å². The number of hydrogen-bond acceptors (Lipinski definition) is 1. The normalized spacial score (nSPS) is 11.2. The van der Waals surface area contributed by atoms with Gasteiger partial charge in [-0.25, -0.2) is 0 Å². The van der Waals surface area contributed by atoms with Crippen LogP contribution in [0.2, 0.25) is 0 Å². The van der Waals surface area contributed by atoms with E-state index in [9.17, 15) is 0 Å². The molecule has 0 aliphatic rings. The average Bonchev–Trinajstić information content (AvgIpc) is 2.68. The lowest BCUT2D eigenvalue weighted by molar-refractivity contribution is 0.429. The highest BCUT2D eigenvalue weighted by molar-refractivity contribution is 5.40.